The molecule has 0 aliphatic heterocycles. The number of pyridine rings is 1. The summed E-state index contributed by atoms with van der Waals surface area (Å²) in [6.07, 6.45) is 3.71. The highest BCUT2D eigenvalue weighted by molar-refractivity contribution is 6.33. The number of carbonyl (C=O) groups excluding carboxylic acids is 2. The van der Waals surface area contributed by atoms with Crippen LogP contribution in [-0.2, 0) is 12.0 Å². The smallest absolute Gasteiger partial charge is 0.188 e. The van der Waals surface area contributed by atoms with Crippen LogP contribution in [0.3, 0.4) is 0 Å². The van der Waals surface area contributed by atoms with Gasteiger partial charge < -0.3 is 33.5 Å². The fourth-order valence-electron chi connectivity index (χ4n) is 3.85. The number of aromatic nitrogens is 1. The van der Waals surface area contributed by atoms with E-state index in [-0.39, 0.29) is 42.1 Å². The molecule has 0 radical (unpaired) electrons. The molecular weight excluding hydrogens is 481 g/mol. The van der Waals surface area contributed by atoms with E-state index in [0.717, 1.165) is 0 Å². The van der Waals surface area contributed by atoms with Gasteiger partial charge in [0.2, 0.25) is 0 Å². The number of ether oxygens (including phenoxy) is 2. The summed E-state index contributed by atoms with van der Waals surface area (Å²) in [5.41, 5.74) is 0.153. The number of hydrogen-bond acceptors (Lipinski definition) is 4. The number of fused-ring (bicyclic) bond motifs is 1. The predicted octanol–water partition coefficient (Wildman–Crippen LogP) is 0.0125. The zero-order chi connectivity index (χ0) is 19.7. The van der Waals surface area contributed by atoms with Gasteiger partial charge in [-0.15, -0.1) is 0 Å². The normalized spacial score (nSPS) is 14.1. The Morgan fingerprint density at radius 2 is 1.38 bits per heavy atom. The fraction of sp³-hybridized carbons (Fsp3) is 0.174. The van der Waals surface area contributed by atoms with E-state index in [9.17, 15) is 9.59 Å². The molecule has 6 heteroatoms. The minimum atomic E-state index is -1.35. The molecule has 1 aromatic heterocycles. The summed E-state index contributed by atoms with van der Waals surface area (Å²) in [6.45, 7) is 0.204. The molecule has 1 aliphatic rings. The molecule has 1 aliphatic carbocycles. The zero-order valence-electron chi connectivity index (χ0n) is 16.1. The van der Waals surface area contributed by atoms with Crippen LogP contribution in [0.25, 0.3) is 0 Å². The summed E-state index contributed by atoms with van der Waals surface area (Å²) in [5, 5.41) is 0. The van der Waals surface area contributed by atoms with Crippen LogP contribution in [0.15, 0.2) is 73.1 Å². The third kappa shape index (κ3) is 3.31. The number of nitrogens with zero attached hydrogens (tertiary/aromatic N) is 1. The lowest BCUT2D eigenvalue weighted by molar-refractivity contribution is -0.700. The number of rotatable bonds is 5. The minimum Gasteiger partial charge on any atom is -1.00 e. The summed E-state index contributed by atoms with van der Waals surface area (Å²) in [5.74, 6) is 0.631. The molecule has 0 atom stereocenters. The average Bonchev–Trinajstić information content (AvgIpc) is 2.97. The molecular formula is C23H20INO4. The Bertz CT molecular complexity index is 1030. The van der Waals surface area contributed by atoms with Crippen molar-refractivity contribution in [3.05, 3.63) is 89.7 Å². The monoisotopic (exact) mass is 501 g/mol. The predicted molar refractivity (Wildman–Crippen MR) is 103 cm³/mol. The standard InChI is InChI=1S/C23H20NO4.HI/c1-27-19-11-10-16(14-20(19)28-2)23(15-24-12-6-3-7-13-24)21(25)17-8-4-5-9-18(17)22(23)26;/h3-14H,15H2,1-2H3;1H/q+1;/p-1. The highest BCUT2D eigenvalue weighted by Gasteiger charge is 2.57. The third-order valence-electron chi connectivity index (χ3n) is 5.26. The Labute approximate surface area is 186 Å². The van der Waals surface area contributed by atoms with E-state index in [0.29, 0.717) is 28.2 Å². The first-order chi connectivity index (χ1) is 13.6. The molecule has 4 rings (SSSR count). The summed E-state index contributed by atoms with van der Waals surface area (Å²) < 4.78 is 12.6. The van der Waals surface area contributed by atoms with E-state index in [1.165, 1.54) is 7.11 Å². The Balaban J connectivity index is 0.00000240. The molecule has 1 heterocycles. The van der Waals surface area contributed by atoms with Crippen molar-refractivity contribution in [2.24, 2.45) is 0 Å². The number of methoxy groups -OCH3 is 2. The largest absolute Gasteiger partial charge is 1.00 e. The van der Waals surface area contributed by atoms with Gasteiger partial charge in [-0.25, -0.2) is 4.57 Å². The lowest BCUT2D eigenvalue weighted by atomic mass is 9.75. The van der Waals surface area contributed by atoms with E-state index < -0.39 is 5.41 Å². The molecule has 148 valence electrons. The van der Waals surface area contributed by atoms with Crippen molar-refractivity contribution in [3.8, 4) is 11.5 Å². The highest BCUT2D eigenvalue weighted by atomic mass is 127. The summed E-state index contributed by atoms with van der Waals surface area (Å²) in [6, 6.07) is 17.9. The van der Waals surface area contributed by atoms with Crippen LogP contribution in [0, 0.1) is 0 Å². The van der Waals surface area contributed by atoms with Gasteiger partial charge in [-0.2, -0.15) is 0 Å². The summed E-state index contributed by atoms with van der Waals surface area (Å²) >= 11 is 0. The van der Waals surface area contributed by atoms with Gasteiger partial charge in [0.1, 0.15) is 0 Å². The van der Waals surface area contributed by atoms with Crippen LogP contribution in [-0.4, -0.2) is 25.8 Å². The Morgan fingerprint density at radius 3 is 1.93 bits per heavy atom. The quantitative estimate of drug-likeness (QED) is 0.281. The number of ketones is 2. The maximum atomic E-state index is 13.6. The number of halogens is 1. The Hall–Kier alpha value is -2.74. The first-order valence-corrected chi connectivity index (χ1v) is 8.97. The van der Waals surface area contributed by atoms with Crippen molar-refractivity contribution in [3.63, 3.8) is 0 Å². The van der Waals surface area contributed by atoms with Crippen molar-refractivity contribution in [1.82, 2.24) is 0 Å². The topological polar surface area (TPSA) is 56.5 Å². The first kappa shape index (κ1) is 21.0. The lowest BCUT2D eigenvalue weighted by Gasteiger charge is -2.24. The van der Waals surface area contributed by atoms with E-state index in [1.54, 1.807) is 49.6 Å². The van der Waals surface area contributed by atoms with Gasteiger partial charge in [-0.1, -0.05) is 36.4 Å². The first-order valence-electron chi connectivity index (χ1n) is 8.97. The SMILES string of the molecule is COc1ccc(C2(C[n+]3ccccc3)C(=O)c3ccccc3C2=O)cc1OC.[I-]. The second-order valence-electron chi connectivity index (χ2n) is 6.73. The number of Topliss-reactive ketones (excluding diaryl/α,β-unsaturated/α-hetero) is 2. The summed E-state index contributed by atoms with van der Waals surface area (Å²) in [4.78, 5) is 27.2. The van der Waals surface area contributed by atoms with Crippen molar-refractivity contribution in [1.29, 1.82) is 0 Å². The van der Waals surface area contributed by atoms with Crippen LogP contribution in [0.1, 0.15) is 26.3 Å². The maximum absolute atomic E-state index is 13.6. The fourth-order valence-corrected chi connectivity index (χ4v) is 3.85. The van der Waals surface area contributed by atoms with Gasteiger partial charge in [-0.05, 0) is 17.7 Å². The van der Waals surface area contributed by atoms with Gasteiger partial charge in [0.05, 0.1) is 14.2 Å². The minimum absolute atomic E-state index is 0. The molecule has 0 saturated heterocycles. The van der Waals surface area contributed by atoms with Gasteiger partial charge in [0.25, 0.3) is 0 Å². The second-order valence-corrected chi connectivity index (χ2v) is 6.73. The van der Waals surface area contributed by atoms with Crippen LogP contribution in [0.2, 0.25) is 0 Å². The van der Waals surface area contributed by atoms with Crippen molar-refractivity contribution in [2.75, 3.05) is 14.2 Å². The second kappa shape index (κ2) is 8.32. The van der Waals surface area contributed by atoms with E-state index in [1.807, 2.05) is 35.2 Å². The number of hydrogen-bond donors (Lipinski definition) is 0. The lowest BCUT2D eigenvalue weighted by Crippen LogP contribution is -3.00. The molecule has 0 fully saturated rings. The Kier molecular flexibility index (Phi) is 6.02. The number of carbonyl (C=O) groups is 2. The summed E-state index contributed by atoms with van der Waals surface area (Å²) in [7, 11) is 3.09. The zero-order valence-corrected chi connectivity index (χ0v) is 18.3. The van der Waals surface area contributed by atoms with E-state index in [2.05, 4.69) is 0 Å². The Morgan fingerprint density at radius 1 is 0.793 bits per heavy atom. The van der Waals surface area contributed by atoms with Crippen LogP contribution in [0.5, 0.6) is 11.5 Å². The molecule has 0 amide bonds. The van der Waals surface area contributed by atoms with Crippen LogP contribution in [0.4, 0.5) is 0 Å². The molecule has 29 heavy (non-hydrogen) atoms. The molecule has 5 nitrogen and oxygen atoms in total. The number of benzene rings is 2. The average molecular weight is 501 g/mol. The van der Waals surface area contributed by atoms with Crippen LogP contribution >= 0.6 is 0 Å². The van der Waals surface area contributed by atoms with Gasteiger partial charge in [-0.3, -0.25) is 9.59 Å². The van der Waals surface area contributed by atoms with Gasteiger partial charge in [0, 0.05) is 23.3 Å². The van der Waals surface area contributed by atoms with Gasteiger partial charge >= 0.3 is 0 Å². The van der Waals surface area contributed by atoms with Crippen molar-refractivity contribution in [2.45, 2.75) is 12.0 Å². The van der Waals surface area contributed by atoms with E-state index >= 15 is 0 Å². The molecule has 2 aromatic carbocycles. The van der Waals surface area contributed by atoms with Crippen molar-refractivity contribution < 1.29 is 47.6 Å². The maximum Gasteiger partial charge on any atom is 0.188 e. The molecule has 0 unspecified atom stereocenters. The molecule has 0 bridgehead atoms. The molecule has 3 aromatic rings. The van der Waals surface area contributed by atoms with Gasteiger partial charge in [0.15, 0.2) is 47.4 Å². The van der Waals surface area contributed by atoms with Crippen molar-refractivity contribution >= 4 is 11.6 Å². The molecule has 0 spiro atoms. The highest BCUT2D eigenvalue weighted by Crippen LogP contribution is 2.42. The molecule has 0 saturated carbocycles. The van der Waals surface area contributed by atoms with E-state index in [4.69, 9.17) is 9.47 Å². The molecule has 0 N–H and O–H groups in total. The third-order valence-corrected chi connectivity index (χ3v) is 5.26. The van der Waals surface area contributed by atoms with Crippen LogP contribution < -0.4 is 38.0 Å².